The Labute approximate surface area is 119 Å². The van der Waals surface area contributed by atoms with Crippen molar-refractivity contribution in [3.8, 4) is 0 Å². The minimum Gasteiger partial charge on any atom is -0.462 e. The summed E-state index contributed by atoms with van der Waals surface area (Å²) in [4.78, 5) is 23.4. The smallest absolute Gasteiger partial charge is 0.338 e. The number of nitrogens with two attached hydrogens (primary N) is 1. The first-order valence-corrected chi connectivity index (χ1v) is 6.59. The van der Waals surface area contributed by atoms with Crippen LogP contribution in [-0.2, 0) is 9.53 Å². The highest BCUT2D eigenvalue weighted by molar-refractivity contribution is 5.96. The largest absolute Gasteiger partial charge is 0.462 e. The summed E-state index contributed by atoms with van der Waals surface area (Å²) in [6, 6.07) is 5.91. The van der Waals surface area contributed by atoms with E-state index in [4.69, 9.17) is 10.5 Å². The van der Waals surface area contributed by atoms with E-state index >= 15 is 0 Å². The maximum Gasteiger partial charge on any atom is 0.338 e. The zero-order valence-corrected chi connectivity index (χ0v) is 12.4. The zero-order chi connectivity index (χ0) is 15.3. The first kappa shape index (κ1) is 16.2. The Morgan fingerprint density at radius 2 is 1.80 bits per heavy atom. The van der Waals surface area contributed by atoms with Crippen LogP contribution in [0.3, 0.4) is 0 Å². The molecular formula is C15H22N2O3. The van der Waals surface area contributed by atoms with Crippen LogP contribution in [0, 0.1) is 5.41 Å². The molecule has 0 saturated carbocycles. The van der Waals surface area contributed by atoms with Gasteiger partial charge in [0.05, 0.1) is 18.2 Å². The second kappa shape index (κ2) is 6.52. The number of benzene rings is 1. The molecule has 0 aliphatic rings. The van der Waals surface area contributed by atoms with Gasteiger partial charge in [-0.15, -0.1) is 0 Å². The lowest BCUT2D eigenvalue weighted by Gasteiger charge is -2.25. The van der Waals surface area contributed by atoms with Crippen LogP contribution in [0.1, 0.15) is 38.1 Å². The van der Waals surface area contributed by atoms with Gasteiger partial charge in [0.25, 0.3) is 0 Å². The number of nitrogens with one attached hydrogen (secondary N) is 1. The van der Waals surface area contributed by atoms with E-state index in [9.17, 15) is 9.59 Å². The molecule has 0 unspecified atom stereocenters. The molecule has 0 aliphatic carbocycles. The Morgan fingerprint density at radius 3 is 2.25 bits per heavy atom. The summed E-state index contributed by atoms with van der Waals surface area (Å²) < 4.78 is 4.89. The average Bonchev–Trinajstić information content (AvgIpc) is 2.37. The fourth-order valence-electron chi connectivity index (χ4n) is 1.52. The maximum atomic E-state index is 12.0. The second-order valence-corrected chi connectivity index (χ2v) is 5.63. The number of esters is 1. The van der Waals surface area contributed by atoms with Gasteiger partial charge < -0.3 is 15.8 Å². The van der Waals surface area contributed by atoms with E-state index in [1.54, 1.807) is 31.2 Å². The molecule has 110 valence electrons. The molecule has 0 radical (unpaired) electrons. The molecule has 1 aromatic rings. The van der Waals surface area contributed by atoms with Crippen LogP contribution >= 0.6 is 0 Å². The number of hydrogen-bond acceptors (Lipinski definition) is 4. The van der Waals surface area contributed by atoms with Gasteiger partial charge in [0.15, 0.2) is 0 Å². The Hall–Kier alpha value is -1.88. The van der Waals surface area contributed by atoms with Crippen molar-refractivity contribution in [3.05, 3.63) is 29.8 Å². The van der Waals surface area contributed by atoms with Gasteiger partial charge in [-0.1, -0.05) is 20.8 Å². The Bertz CT molecular complexity index is 475. The minimum atomic E-state index is -0.604. The van der Waals surface area contributed by atoms with E-state index in [1.165, 1.54) is 0 Å². The van der Waals surface area contributed by atoms with E-state index in [0.717, 1.165) is 0 Å². The van der Waals surface area contributed by atoms with E-state index in [1.807, 2.05) is 20.8 Å². The quantitative estimate of drug-likeness (QED) is 0.827. The van der Waals surface area contributed by atoms with Crippen LogP contribution in [0.25, 0.3) is 0 Å². The number of ether oxygens (including phenoxy) is 1. The molecule has 1 atom stereocenters. The van der Waals surface area contributed by atoms with Gasteiger partial charge in [-0.05, 0) is 36.6 Å². The van der Waals surface area contributed by atoms with Crippen molar-refractivity contribution < 1.29 is 14.3 Å². The molecule has 0 saturated heterocycles. The number of anilines is 1. The van der Waals surface area contributed by atoms with Crippen LogP contribution in [0.2, 0.25) is 0 Å². The van der Waals surface area contributed by atoms with Gasteiger partial charge in [0.2, 0.25) is 5.91 Å². The molecule has 0 aromatic heterocycles. The lowest BCUT2D eigenvalue weighted by molar-refractivity contribution is -0.119. The summed E-state index contributed by atoms with van der Waals surface area (Å²) in [6.45, 7) is 7.79. The molecule has 0 bridgehead atoms. The molecule has 0 fully saturated rings. The minimum absolute atomic E-state index is 0.249. The van der Waals surface area contributed by atoms with Crippen molar-refractivity contribution in [2.24, 2.45) is 11.1 Å². The van der Waals surface area contributed by atoms with Crippen LogP contribution in [0.5, 0.6) is 0 Å². The highest BCUT2D eigenvalue weighted by Gasteiger charge is 2.27. The van der Waals surface area contributed by atoms with Gasteiger partial charge in [-0.2, -0.15) is 0 Å². The lowest BCUT2D eigenvalue weighted by atomic mass is 9.87. The summed E-state index contributed by atoms with van der Waals surface area (Å²) in [6.07, 6.45) is 0. The van der Waals surface area contributed by atoms with Crippen LogP contribution in [-0.4, -0.2) is 24.5 Å². The van der Waals surface area contributed by atoms with Crippen molar-refractivity contribution in [2.75, 3.05) is 11.9 Å². The fourth-order valence-corrected chi connectivity index (χ4v) is 1.52. The fraction of sp³-hybridized carbons (Fsp3) is 0.467. The van der Waals surface area contributed by atoms with Crippen molar-refractivity contribution in [1.82, 2.24) is 0 Å². The molecule has 5 nitrogen and oxygen atoms in total. The Morgan fingerprint density at radius 1 is 1.25 bits per heavy atom. The second-order valence-electron chi connectivity index (χ2n) is 5.63. The number of carbonyl (C=O) groups is 2. The van der Waals surface area contributed by atoms with Gasteiger partial charge in [-0.25, -0.2) is 4.79 Å². The molecule has 20 heavy (non-hydrogen) atoms. The van der Waals surface area contributed by atoms with Gasteiger partial charge >= 0.3 is 5.97 Å². The van der Waals surface area contributed by atoms with Crippen LogP contribution in [0.4, 0.5) is 5.69 Å². The highest BCUT2D eigenvalue weighted by atomic mass is 16.5. The molecule has 1 aromatic carbocycles. The molecule has 0 aliphatic heterocycles. The predicted octanol–water partition coefficient (Wildman–Crippen LogP) is 2.18. The van der Waals surface area contributed by atoms with Crippen molar-refractivity contribution in [1.29, 1.82) is 0 Å². The third-order valence-corrected chi connectivity index (χ3v) is 2.88. The third kappa shape index (κ3) is 4.35. The van der Waals surface area contributed by atoms with E-state index in [2.05, 4.69) is 5.32 Å². The van der Waals surface area contributed by atoms with E-state index < -0.39 is 6.04 Å². The summed E-state index contributed by atoms with van der Waals surface area (Å²) >= 11 is 0. The van der Waals surface area contributed by atoms with Crippen molar-refractivity contribution >= 4 is 17.6 Å². The first-order chi connectivity index (χ1) is 9.25. The van der Waals surface area contributed by atoms with E-state index in [0.29, 0.717) is 17.9 Å². The summed E-state index contributed by atoms with van der Waals surface area (Å²) in [7, 11) is 0. The van der Waals surface area contributed by atoms with E-state index in [-0.39, 0.29) is 17.3 Å². The Kier molecular flexibility index (Phi) is 5.27. The number of carbonyl (C=O) groups excluding carboxylic acids is 2. The standard InChI is InChI=1S/C15H22N2O3/c1-5-20-14(19)10-6-8-11(9-7-10)17-13(18)12(16)15(2,3)4/h6-9,12H,5,16H2,1-4H3,(H,17,18)/t12-/m0/s1. The van der Waals surface area contributed by atoms with Crippen LogP contribution in [0.15, 0.2) is 24.3 Å². The first-order valence-electron chi connectivity index (χ1n) is 6.59. The van der Waals surface area contributed by atoms with Gasteiger partial charge in [0, 0.05) is 5.69 Å². The number of rotatable bonds is 4. The van der Waals surface area contributed by atoms with Crippen LogP contribution < -0.4 is 11.1 Å². The van der Waals surface area contributed by atoms with Crippen molar-refractivity contribution in [2.45, 2.75) is 33.7 Å². The monoisotopic (exact) mass is 278 g/mol. The molecule has 3 N–H and O–H groups in total. The number of hydrogen-bond donors (Lipinski definition) is 2. The van der Waals surface area contributed by atoms with Gasteiger partial charge in [-0.3, -0.25) is 4.79 Å². The Balaban J connectivity index is 2.71. The normalized spacial score (nSPS) is 12.7. The lowest BCUT2D eigenvalue weighted by Crippen LogP contribution is -2.45. The topological polar surface area (TPSA) is 81.4 Å². The maximum absolute atomic E-state index is 12.0. The summed E-state index contributed by atoms with van der Waals surface area (Å²) in [5, 5.41) is 2.73. The van der Waals surface area contributed by atoms with Gasteiger partial charge in [0.1, 0.15) is 0 Å². The number of amides is 1. The molecular weight excluding hydrogens is 256 g/mol. The third-order valence-electron chi connectivity index (χ3n) is 2.88. The van der Waals surface area contributed by atoms with Crippen molar-refractivity contribution in [3.63, 3.8) is 0 Å². The molecule has 0 spiro atoms. The molecule has 1 amide bonds. The molecule has 5 heteroatoms. The predicted molar refractivity (Wildman–Crippen MR) is 78.5 cm³/mol. The summed E-state index contributed by atoms with van der Waals surface area (Å²) in [5.41, 5.74) is 6.61. The highest BCUT2D eigenvalue weighted by Crippen LogP contribution is 2.19. The average molecular weight is 278 g/mol. The molecule has 0 heterocycles. The zero-order valence-electron chi connectivity index (χ0n) is 12.4. The SMILES string of the molecule is CCOC(=O)c1ccc(NC(=O)[C@H](N)C(C)(C)C)cc1. The molecule has 1 rings (SSSR count). The summed E-state index contributed by atoms with van der Waals surface area (Å²) in [5.74, 6) is -0.627.